The van der Waals surface area contributed by atoms with E-state index in [1.807, 2.05) is 0 Å². The molecule has 0 atom stereocenters. The predicted octanol–water partition coefficient (Wildman–Crippen LogP) is 3.33. The van der Waals surface area contributed by atoms with Gasteiger partial charge >= 0.3 is 0 Å². The van der Waals surface area contributed by atoms with Gasteiger partial charge in [0.25, 0.3) is 0 Å². The first-order chi connectivity index (χ1) is 9.10. The van der Waals surface area contributed by atoms with Gasteiger partial charge in [-0.25, -0.2) is 0 Å². The van der Waals surface area contributed by atoms with Crippen LogP contribution in [0.15, 0.2) is 24.3 Å². The lowest BCUT2D eigenvalue weighted by Gasteiger charge is -2.38. The minimum absolute atomic E-state index is 0.371. The summed E-state index contributed by atoms with van der Waals surface area (Å²) in [6, 6.07) is 9.49. The zero-order chi connectivity index (χ0) is 13.7. The standard InChI is InChI=1S/C17H27NO/c1-14(2)18-13-17(7-9-19-10-8-17)12-16-6-4-5-15(3)11-16/h4-6,11,14,18H,7-10,12-13H2,1-3H3. The molecule has 0 amide bonds. The second kappa shape index (κ2) is 6.53. The predicted molar refractivity (Wildman–Crippen MR) is 80.5 cm³/mol. The molecule has 1 saturated heterocycles. The van der Waals surface area contributed by atoms with Gasteiger partial charge in [-0.2, -0.15) is 0 Å². The molecule has 1 N–H and O–H groups in total. The molecule has 0 bridgehead atoms. The second-order valence-corrected chi connectivity index (χ2v) is 6.31. The van der Waals surface area contributed by atoms with Crippen LogP contribution in [0.3, 0.4) is 0 Å². The van der Waals surface area contributed by atoms with Gasteiger partial charge in [-0.3, -0.25) is 0 Å². The van der Waals surface area contributed by atoms with E-state index in [1.54, 1.807) is 0 Å². The average Bonchev–Trinajstić information content (AvgIpc) is 2.38. The zero-order valence-electron chi connectivity index (χ0n) is 12.5. The summed E-state index contributed by atoms with van der Waals surface area (Å²) < 4.78 is 5.57. The van der Waals surface area contributed by atoms with E-state index in [9.17, 15) is 0 Å². The van der Waals surface area contributed by atoms with Crippen molar-refractivity contribution in [2.75, 3.05) is 19.8 Å². The van der Waals surface area contributed by atoms with Crippen molar-refractivity contribution in [3.8, 4) is 0 Å². The van der Waals surface area contributed by atoms with Gasteiger partial charge in [-0.15, -0.1) is 0 Å². The van der Waals surface area contributed by atoms with Crippen LogP contribution in [0.4, 0.5) is 0 Å². The molecule has 1 aromatic carbocycles. The third-order valence-corrected chi connectivity index (χ3v) is 4.10. The van der Waals surface area contributed by atoms with Crippen molar-refractivity contribution in [2.24, 2.45) is 5.41 Å². The molecule has 2 nitrogen and oxygen atoms in total. The SMILES string of the molecule is Cc1cccc(CC2(CNC(C)C)CCOCC2)c1. The van der Waals surface area contributed by atoms with Crippen molar-refractivity contribution in [1.82, 2.24) is 5.32 Å². The van der Waals surface area contributed by atoms with Crippen molar-refractivity contribution >= 4 is 0 Å². The summed E-state index contributed by atoms with van der Waals surface area (Å²) in [5.74, 6) is 0. The first-order valence-electron chi connectivity index (χ1n) is 7.46. The normalized spacial score (nSPS) is 18.7. The Labute approximate surface area is 117 Å². The summed E-state index contributed by atoms with van der Waals surface area (Å²) in [6.07, 6.45) is 3.50. The molecule has 2 heteroatoms. The van der Waals surface area contributed by atoms with Gasteiger partial charge in [0.05, 0.1) is 0 Å². The third kappa shape index (κ3) is 4.32. The summed E-state index contributed by atoms with van der Waals surface area (Å²) >= 11 is 0. The Morgan fingerprint density at radius 2 is 2.00 bits per heavy atom. The van der Waals surface area contributed by atoms with Gasteiger partial charge in [-0.05, 0) is 37.2 Å². The molecule has 106 valence electrons. The molecular weight excluding hydrogens is 234 g/mol. The topological polar surface area (TPSA) is 21.3 Å². The van der Waals surface area contributed by atoms with Crippen molar-refractivity contribution in [3.05, 3.63) is 35.4 Å². The van der Waals surface area contributed by atoms with E-state index in [0.717, 1.165) is 26.2 Å². The van der Waals surface area contributed by atoms with Gasteiger partial charge in [-0.1, -0.05) is 43.7 Å². The van der Waals surface area contributed by atoms with Crippen LogP contribution in [0.5, 0.6) is 0 Å². The van der Waals surface area contributed by atoms with Crippen LogP contribution in [-0.2, 0) is 11.2 Å². The van der Waals surface area contributed by atoms with E-state index >= 15 is 0 Å². The molecule has 0 aliphatic carbocycles. The fraction of sp³-hybridized carbons (Fsp3) is 0.647. The maximum absolute atomic E-state index is 5.57. The first-order valence-corrected chi connectivity index (χ1v) is 7.46. The smallest absolute Gasteiger partial charge is 0.0471 e. The number of ether oxygens (including phenoxy) is 1. The van der Waals surface area contributed by atoms with E-state index in [-0.39, 0.29) is 0 Å². The molecule has 0 radical (unpaired) electrons. The van der Waals surface area contributed by atoms with Crippen molar-refractivity contribution in [1.29, 1.82) is 0 Å². The molecule has 19 heavy (non-hydrogen) atoms. The van der Waals surface area contributed by atoms with Gasteiger partial charge in [0.15, 0.2) is 0 Å². The van der Waals surface area contributed by atoms with E-state index < -0.39 is 0 Å². The van der Waals surface area contributed by atoms with Crippen molar-refractivity contribution in [3.63, 3.8) is 0 Å². The third-order valence-electron chi connectivity index (χ3n) is 4.10. The lowest BCUT2D eigenvalue weighted by molar-refractivity contribution is 0.0141. The number of hydrogen-bond acceptors (Lipinski definition) is 2. The molecule has 1 fully saturated rings. The van der Waals surface area contributed by atoms with Crippen LogP contribution in [-0.4, -0.2) is 25.8 Å². The molecule has 0 saturated carbocycles. The number of nitrogens with one attached hydrogen (secondary N) is 1. The Hall–Kier alpha value is -0.860. The van der Waals surface area contributed by atoms with Crippen molar-refractivity contribution < 1.29 is 4.74 Å². The largest absolute Gasteiger partial charge is 0.381 e. The van der Waals surface area contributed by atoms with E-state index in [2.05, 4.69) is 50.4 Å². The summed E-state index contributed by atoms with van der Waals surface area (Å²) in [5, 5.41) is 3.64. The maximum atomic E-state index is 5.57. The Balaban J connectivity index is 2.08. The molecule has 1 aliphatic heterocycles. The molecule has 0 aromatic heterocycles. The van der Waals surface area contributed by atoms with E-state index in [0.29, 0.717) is 11.5 Å². The Morgan fingerprint density at radius 1 is 1.26 bits per heavy atom. The van der Waals surface area contributed by atoms with E-state index in [4.69, 9.17) is 4.74 Å². The molecule has 1 heterocycles. The quantitative estimate of drug-likeness (QED) is 0.878. The molecule has 0 spiro atoms. The summed E-state index contributed by atoms with van der Waals surface area (Å²) in [4.78, 5) is 0. The number of rotatable bonds is 5. The lowest BCUT2D eigenvalue weighted by atomic mass is 9.75. The molecule has 2 rings (SSSR count). The fourth-order valence-corrected chi connectivity index (χ4v) is 2.90. The van der Waals surface area contributed by atoms with Gasteiger partial charge in [0, 0.05) is 25.8 Å². The molecule has 0 unspecified atom stereocenters. The van der Waals surface area contributed by atoms with Crippen LogP contribution in [0.2, 0.25) is 0 Å². The van der Waals surface area contributed by atoms with Crippen LogP contribution in [0.1, 0.15) is 37.8 Å². The molecular formula is C17H27NO. The maximum Gasteiger partial charge on any atom is 0.0471 e. The second-order valence-electron chi connectivity index (χ2n) is 6.31. The van der Waals surface area contributed by atoms with Crippen LogP contribution >= 0.6 is 0 Å². The fourth-order valence-electron chi connectivity index (χ4n) is 2.90. The monoisotopic (exact) mass is 261 g/mol. The Kier molecular flexibility index (Phi) is 5.00. The highest BCUT2D eigenvalue weighted by Gasteiger charge is 2.32. The lowest BCUT2D eigenvalue weighted by Crippen LogP contribution is -2.42. The van der Waals surface area contributed by atoms with Gasteiger partial charge in [0.1, 0.15) is 0 Å². The summed E-state index contributed by atoms with van der Waals surface area (Å²) in [6.45, 7) is 9.53. The Bertz CT molecular complexity index is 394. The van der Waals surface area contributed by atoms with E-state index in [1.165, 1.54) is 24.0 Å². The van der Waals surface area contributed by atoms with Crippen LogP contribution in [0.25, 0.3) is 0 Å². The highest BCUT2D eigenvalue weighted by molar-refractivity contribution is 5.23. The van der Waals surface area contributed by atoms with Gasteiger partial charge < -0.3 is 10.1 Å². The minimum atomic E-state index is 0.371. The van der Waals surface area contributed by atoms with Crippen LogP contribution < -0.4 is 5.32 Å². The van der Waals surface area contributed by atoms with Gasteiger partial charge in [0.2, 0.25) is 0 Å². The average molecular weight is 261 g/mol. The number of aryl methyl sites for hydroxylation is 1. The highest BCUT2D eigenvalue weighted by atomic mass is 16.5. The number of hydrogen-bond donors (Lipinski definition) is 1. The number of benzene rings is 1. The zero-order valence-corrected chi connectivity index (χ0v) is 12.5. The van der Waals surface area contributed by atoms with Crippen molar-refractivity contribution in [2.45, 2.75) is 46.1 Å². The first kappa shape index (κ1) is 14.5. The Morgan fingerprint density at radius 3 is 2.63 bits per heavy atom. The summed E-state index contributed by atoms with van der Waals surface area (Å²) in [7, 11) is 0. The molecule has 1 aliphatic rings. The molecule has 1 aromatic rings. The van der Waals surface area contributed by atoms with Crippen LogP contribution in [0, 0.1) is 12.3 Å². The highest BCUT2D eigenvalue weighted by Crippen LogP contribution is 2.34. The summed E-state index contributed by atoms with van der Waals surface area (Å²) in [5.41, 5.74) is 3.19. The minimum Gasteiger partial charge on any atom is -0.381 e.